The summed E-state index contributed by atoms with van der Waals surface area (Å²) in [4.78, 5) is 0. The molecule has 3 atom stereocenters. The molecule has 1 aromatic rings. The first-order valence-electron chi connectivity index (χ1n) is 7.21. The van der Waals surface area contributed by atoms with Crippen LogP contribution < -0.4 is 14.8 Å². The van der Waals surface area contributed by atoms with E-state index in [1.165, 1.54) is 0 Å². The van der Waals surface area contributed by atoms with Crippen LogP contribution in [0.4, 0.5) is 0 Å². The Kier molecular flexibility index (Phi) is 5.26. The first kappa shape index (κ1) is 15.1. The van der Waals surface area contributed by atoms with Crippen molar-refractivity contribution >= 4 is 0 Å². The predicted molar refractivity (Wildman–Crippen MR) is 79.5 cm³/mol. The van der Waals surface area contributed by atoms with Crippen molar-refractivity contribution in [3.05, 3.63) is 23.8 Å². The Morgan fingerprint density at radius 3 is 2.65 bits per heavy atom. The van der Waals surface area contributed by atoms with Gasteiger partial charge in [0, 0.05) is 24.3 Å². The van der Waals surface area contributed by atoms with Gasteiger partial charge in [0.2, 0.25) is 0 Å². The van der Waals surface area contributed by atoms with Crippen LogP contribution in [0.2, 0.25) is 0 Å². The summed E-state index contributed by atoms with van der Waals surface area (Å²) < 4.78 is 16.2. The van der Waals surface area contributed by atoms with Gasteiger partial charge in [0.1, 0.15) is 11.5 Å². The van der Waals surface area contributed by atoms with Crippen LogP contribution in [0.15, 0.2) is 18.2 Å². The van der Waals surface area contributed by atoms with Crippen LogP contribution in [0, 0.1) is 5.92 Å². The third-order valence-corrected chi connectivity index (χ3v) is 4.09. The highest BCUT2D eigenvalue weighted by Crippen LogP contribution is 2.30. The molecule has 0 amide bonds. The monoisotopic (exact) mass is 279 g/mol. The minimum absolute atomic E-state index is 0.204. The second kappa shape index (κ2) is 6.95. The molecule has 1 saturated heterocycles. The third kappa shape index (κ3) is 3.44. The van der Waals surface area contributed by atoms with Gasteiger partial charge in [-0.15, -0.1) is 0 Å². The molecule has 0 aromatic heterocycles. The molecule has 1 heterocycles. The highest BCUT2D eigenvalue weighted by Gasteiger charge is 2.24. The molecule has 2 rings (SSSR count). The number of hydrogen-bond acceptors (Lipinski definition) is 4. The van der Waals surface area contributed by atoms with E-state index in [1.807, 2.05) is 18.2 Å². The van der Waals surface area contributed by atoms with Gasteiger partial charge in [-0.2, -0.15) is 0 Å². The first-order valence-corrected chi connectivity index (χ1v) is 7.21. The van der Waals surface area contributed by atoms with E-state index in [1.54, 1.807) is 14.2 Å². The van der Waals surface area contributed by atoms with Gasteiger partial charge in [-0.05, 0) is 44.4 Å². The quantitative estimate of drug-likeness (QED) is 0.869. The molecule has 1 aromatic carbocycles. The van der Waals surface area contributed by atoms with Gasteiger partial charge >= 0.3 is 0 Å². The fraction of sp³-hybridized carbons (Fsp3) is 0.625. The number of ether oxygens (including phenoxy) is 3. The highest BCUT2D eigenvalue weighted by atomic mass is 16.5. The molecule has 4 heteroatoms. The Labute approximate surface area is 121 Å². The number of benzene rings is 1. The normalized spacial score (nSPS) is 21.5. The lowest BCUT2D eigenvalue weighted by atomic mass is 9.98. The second-order valence-corrected chi connectivity index (χ2v) is 5.41. The zero-order chi connectivity index (χ0) is 14.5. The van der Waals surface area contributed by atoms with Crippen LogP contribution in [-0.2, 0) is 4.74 Å². The molecular formula is C16H25NO3. The first-order chi connectivity index (χ1) is 9.65. The predicted octanol–water partition coefficient (Wildman–Crippen LogP) is 2.78. The molecule has 0 bridgehead atoms. The number of hydrogen-bond donors (Lipinski definition) is 1. The summed E-state index contributed by atoms with van der Waals surface area (Å²) >= 11 is 0. The molecule has 0 spiro atoms. The topological polar surface area (TPSA) is 39.7 Å². The zero-order valence-electron chi connectivity index (χ0n) is 12.8. The van der Waals surface area contributed by atoms with Crippen LogP contribution in [0.1, 0.15) is 31.9 Å². The smallest absolute Gasteiger partial charge is 0.123 e. The maximum atomic E-state index is 5.46. The van der Waals surface area contributed by atoms with E-state index < -0.39 is 0 Å². The van der Waals surface area contributed by atoms with Crippen molar-refractivity contribution in [2.75, 3.05) is 27.4 Å². The molecule has 0 radical (unpaired) electrons. The Morgan fingerprint density at radius 2 is 2.05 bits per heavy atom. The van der Waals surface area contributed by atoms with E-state index in [0.29, 0.717) is 12.0 Å². The average Bonchev–Trinajstić information content (AvgIpc) is 3.00. The summed E-state index contributed by atoms with van der Waals surface area (Å²) in [5.74, 6) is 2.33. The van der Waals surface area contributed by atoms with Crippen molar-refractivity contribution in [1.29, 1.82) is 0 Å². The van der Waals surface area contributed by atoms with E-state index in [4.69, 9.17) is 14.2 Å². The van der Waals surface area contributed by atoms with Crippen LogP contribution >= 0.6 is 0 Å². The molecule has 3 unspecified atom stereocenters. The Morgan fingerprint density at radius 1 is 1.25 bits per heavy atom. The SMILES string of the molecule is COc1ccc(OC)c(C(C)NC(C)C2CCOC2)c1. The molecule has 1 aliphatic heterocycles. The molecular weight excluding hydrogens is 254 g/mol. The van der Waals surface area contributed by atoms with Crippen LogP contribution in [0.5, 0.6) is 11.5 Å². The largest absolute Gasteiger partial charge is 0.497 e. The van der Waals surface area contributed by atoms with Crippen LogP contribution in [-0.4, -0.2) is 33.5 Å². The van der Waals surface area contributed by atoms with E-state index in [2.05, 4.69) is 19.2 Å². The van der Waals surface area contributed by atoms with Gasteiger partial charge < -0.3 is 19.5 Å². The van der Waals surface area contributed by atoms with E-state index in [-0.39, 0.29) is 6.04 Å². The summed E-state index contributed by atoms with van der Waals surface area (Å²) in [6.07, 6.45) is 1.14. The van der Waals surface area contributed by atoms with Crippen molar-refractivity contribution in [3.8, 4) is 11.5 Å². The standard InChI is InChI=1S/C16H25NO3/c1-11(13-7-8-20-10-13)17-12(2)15-9-14(18-3)5-6-16(15)19-4/h5-6,9,11-13,17H,7-8,10H2,1-4H3. The maximum absolute atomic E-state index is 5.46. The Bertz CT molecular complexity index is 430. The van der Waals surface area contributed by atoms with Gasteiger partial charge in [-0.25, -0.2) is 0 Å². The lowest BCUT2D eigenvalue weighted by molar-refractivity contribution is 0.177. The number of methoxy groups -OCH3 is 2. The fourth-order valence-electron chi connectivity index (χ4n) is 2.75. The molecule has 112 valence electrons. The Hall–Kier alpha value is -1.26. The van der Waals surface area contributed by atoms with E-state index in [0.717, 1.165) is 36.7 Å². The summed E-state index contributed by atoms with van der Waals surface area (Å²) in [7, 11) is 3.38. The molecule has 1 fully saturated rings. The molecule has 1 aliphatic rings. The maximum Gasteiger partial charge on any atom is 0.123 e. The number of nitrogens with one attached hydrogen (secondary N) is 1. The van der Waals surface area contributed by atoms with Gasteiger partial charge in [0.15, 0.2) is 0 Å². The zero-order valence-corrected chi connectivity index (χ0v) is 12.8. The molecule has 0 aliphatic carbocycles. The van der Waals surface area contributed by atoms with Gasteiger partial charge in [-0.3, -0.25) is 0 Å². The molecule has 4 nitrogen and oxygen atoms in total. The molecule has 1 N–H and O–H groups in total. The van der Waals surface area contributed by atoms with Crippen molar-refractivity contribution in [2.45, 2.75) is 32.4 Å². The van der Waals surface area contributed by atoms with Crippen molar-refractivity contribution in [3.63, 3.8) is 0 Å². The summed E-state index contributed by atoms with van der Waals surface area (Å²) in [6.45, 7) is 6.12. The van der Waals surface area contributed by atoms with Crippen LogP contribution in [0.25, 0.3) is 0 Å². The lowest BCUT2D eigenvalue weighted by Crippen LogP contribution is -2.35. The summed E-state index contributed by atoms with van der Waals surface area (Å²) in [5, 5.41) is 3.65. The Balaban J connectivity index is 2.08. The minimum Gasteiger partial charge on any atom is -0.497 e. The summed E-state index contributed by atoms with van der Waals surface area (Å²) in [6, 6.07) is 6.53. The summed E-state index contributed by atoms with van der Waals surface area (Å²) in [5.41, 5.74) is 1.12. The van der Waals surface area contributed by atoms with Gasteiger partial charge in [0.05, 0.1) is 20.8 Å². The van der Waals surface area contributed by atoms with Crippen molar-refractivity contribution in [2.24, 2.45) is 5.92 Å². The van der Waals surface area contributed by atoms with Crippen molar-refractivity contribution in [1.82, 2.24) is 5.32 Å². The fourth-order valence-corrected chi connectivity index (χ4v) is 2.75. The molecule has 0 saturated carbocycles. The average molecular weight is 279 g/mol. The van der Waals surface area contributed by atoms with Crippen LogP contribution in [0.3, 0.4) is 0 Å². The second-order valence-electron chi connectivity index (χ2n) is 5.41. The van der Waals surface area contributed by atoms with E-state index in [9.17, 15) is 0 Å². The van der Waals surface area contributed by atoms with E-state index >= 15 is 0 Å². The van der Waals surface area contributed by atoms with Gasteiger partial charge in [-0.1, -0.05) is 0 Å². The highest BCUT2D eigenvalue weighted by molar-refractivity contribution is 5.42. The van der Waals surface area contributed by atoms with Gasteiger partial charge in [0.25, 0.3) is 0 Å². The lowest BCUT2D eigenvalue weighted by Gasteiger charge is -2.25. The van der Waals surface area contributed by atoms with Crippen molar-refractivity contribution < 1.29 is 14.2 Å². The third-order valence-electron chi connectivity index (χ3n) is 4.09. The molecule has 20 heavy (non-hydrogen) atoms. The minimum atomic E-state index is 0.204. The number of rotatable bonds is 6.